The molecule has 0 spiro atoms. The highest BCUT2D eigenvalue weighted by molar-refractivity contribution is 8.18. The molecule has 0 aromatic heterocycles. The summed E-state index contributed by atoms with van der Waals surface area (Å²) < 4.78 is 0. The average molecular weight is 367 g/mol. The lowest BCUT2D eigenvalue weighted by atomic mass is 10.1. The van der Waals surface area contributed by atoms with Crippen LogP contribution in [0, 0.1) is 0 Å². The SMILES string of the molecule is CCN(CC)c1ccc(/C=C2/SC(=Nc3ccccc3)NC2=O)c(O)c1. The van der Waals surface area contributed by atoms with Gasteiger partial charge in [-0.1, -0.05) is 18.2 Å². The number of para-hydroxylation sites is 1. The van der Waals surface area contributed by atoms with Gasteiger partial charge in [-0.15, -0.1) is 0 Å². The standard InChI is InChI=1S/C20H21N3O2S/c1-3-23(4-2)16-11-10-14(17(24)13-16)12-18-19(25)22-20(26-18)21-15-8-6-5-7-9-15/h5-13,24H,3-4H2,1-2H3,(H,21,22,25)/b18-12+. The van der Waals surface area contributed by atoms with Crippen molar-refractivity contribution in [2.75, 3.05) is 18.0 Å². The van der Waals surface area contributed by atoms with E-state index in [1.54, 1.807) is 12.1 Å². The number of benzene rings is 2. The van der Waals surface area contributed by atoms with Crippen molar-refractivity contribution < 1.29 is 9.90 Å². The van der Waals surface area contributed by atoms with Gasteiger partial charge in [0, 0.05) is 30.4 Å². The Hall–Kier alpha value is -2.73. The van der Waals surface area contributed by atoms with Crippen LogP contribution in [-0.2, 0) is 4.79 Å². The number of aromatic hydroxyl groups is 1. The minimum atomic E-state index is -0.211. The Balaban J connectivity index is 1.82. The molecule has 2 N–H and O–H groups in total. The summed E-state index contributed by atoms with van der Waals surface area (Å²) >= 11 is 1.27. The summed E-state index contributed by atoms with van der Waals surface area (Å²) in [6, 6.07) is 15.0. The van der Waals surface area contributed by atoms with Crippen molar-refractivity contribution in [1.82, 2.24) is 5.32 Å². The van der Waals surface area contributed by atoms with Gasteiger partial charge in [0.05, 0.1) is 10.6 Å². The van der Waals surface area contributed by atoms with Crippen LogP contribution < -0.4 is 10.2 Å². The number of anilines is 1. The fourth-order valence-electron chi connectivity index (χ4n) is 2.68. The molecule has 1 amide bonds. The monoisotopic (exact) mass is 367 g/mol. The molecule has 0 bridgehead atoms. The number of phenolic OH excluding ortho intramolecular Hbond substituents is 1. The molecular weight excluding hydrogens is 346 g/mol. The molecule has 3 rings (SSSR count). The Morgan fingerprint density at radius 1 is 1.15 bits per heavy atom. The number of phenols is 1. The van der Waals surface area contributed by atoms with Crippen LogP contribution in [0.25, 0.3) is 6.08 Å². The molecule has 0 atom stereocenters. The van der Waals surface area contributed by atoms with Gasteiger partial charge in [-0.2, -0.15) is 0 Å². The largest absolute Gasteiger partial charge is 0.507 e. The molecule has 0 aliphatic carbocycles. The Kier molecular flexibility index (Phi) is 5.63. The Morgan fingerprint density at radius 3 is 2.54 bits per heavy atom. The Bertz CT molecular complexity index is 859. The number of amides is 1. The molecule has 0 unspecified atom stereocenters. The van der Waals surface area contributed by atoms with Gasteiger partial charge in [0.1, 0.15) is 5.75 Å². The molecule has 26 heavy (non-hydrogen) atoms. The van der Waals surface area contributed by atoms with Gasteiger partial charge >= 0.3 is 0 Å². The van der Waals surface area contributed by atoms with Crippen molar-refractivity contribution in [2.45, 2.75) is 13.8 Å². The first-order chi connectivity index (χ1) is 12.6. The minimum absolute atomic E-state index is 0.156. The van der Waals surface area contributed by atoms with Crippen LogP contribution in [0.15, 0.2) is 58.4 Å². The van der Waals surface area contributed by atoms with E-state index in [1.807, 2.05) is 42.5 Å². The number of aliphatic imine (C=N–C) groups is 1. The Morgan fingerprint density at radius 2 is 1.88 bits per heavy atom. The molecule has 0 saturated carbocycles. The van der Waals surface area contributed by atoms with Crippen LogP contribution in [0.2, 0.25) is 0 Å². The summed E-state index contributed by atoms with van der Waals surface area (Å²) in [6.07, 6.45) is 1.69. The molecule has 1 aliphatic rings. The van der Waals surface area contributed by atoms with E-state index in [-0.39, 0.29) is 11.7 Å². The average Bonchev–Trinajstić information content (AvgIpc) is 2.98. The lowest BCUT2D eigenvalue weighted by molar-refractivity contribution is -0.115. The Labute approximate surface area is 157 Å². The molecule has 1 heterocycles. The smallest absolute Gasteiger partial charge is 0.264 e. The quantitative estimate of drug-likeness (QED) is 0.780. The summed E-state index contributed by atoms with van der Waals surface area (Å²) in [6.45, 7) is 5.88. The second-order valence-electron chi connectivity index (χ2n) is 5.73. The first kappa shape index (κ1) is 18.1. The van der Waals surface area contributed by atoms with Crippen LogP contribution in [0.1, 0.15) is 19.4 Å². The van der Waals surface area contributed by atoms with E-state index >= 15 is 0 Å². The first-order valence-corrected chi connectivity index (χ1v) is 9.35. The van der Waals surface area contributed by atoms with Crippen LogP contribution in [0.5, 0.6) is 5.75 Å². The van der Waals surface area contributed by atoms with Gasteiger partial charge in [-0.25, -0.2) is 4.99 Å². The van der Waals surface area contributed by atoms with Crippen molar-refractivity contribution in [3.05, 3.63) is 59.0 Å². The first-order valence-electron chi connectivity index (χ1n) is 8.53. The highest BCUT2D eigenvalue weighted by Crippen LogP contribution is 2.32. The molecule has 1 fully saturated rings. The summed E-state index contributed by atoms with van der Waals surface area (Å²) in [7, 11) is 0. The van der Waals surface area contributed by atoms with Gasteiger partial charge in [0.25, 0.3) is 5.91 Å². The van der Waals surface area contributed by atoms with E-state index in [9.17, 15) is 9.90 Å². The summed E-state index contributed by atoms with van der Waals surface area (Å²) in [5.41, 5.74) is 2.35. The normalized spacial score (nSPS) is 16.9. The summed E-state index contributed by atoms with van der Waals surface area (Å²) in [5, 5.41) is 13.6. The molecule has 1 aliphatic heterocycles. The third-order valence-electron chi connectivity index (χ3n) is 4.07. The number of carbonyl (C=O) groups is 1. The molecule has 1 saturated heterocycles. The molecule has 2 aromatic rings. The maximum Gasteiger partial charge on any atom is 0.264 e. The fraction of sp³-hybridized carbons (Fsp3) is 0.200. The number of hydrogen-bond acceptors (Lipinski definition) is 5. The van der Waals surface area contributed by atoms with Crippen LogP contribution in [0.4, 0.5) is 11.4 Å². The molecule has 6 heteroatoms. The fourth-order valence-corrected chi connectivity index (χ4v) is 3.51. The number of amidine groups is 1. The topological polar surface area (TPSA) is 64.9 Å². The molecule has 5 nitrogen and oxygen atoms in total. The van der Waals surface area contributed by atoms with Gasteiger partial charge in [0.2, 0.25) is 0 Å². The maximum atomic E-state index is 12.2. The van der Waals surface area contributed by atoms with E-state index in [0.29, 0.717) is 15.6 Å². The zero-order valence-electron chi connectivity index (χ0n) is 14.8. The van der Waals surface area contributed by atoms with Gasteiger partial charge in [-0.05, 0) is 56.0 Å². The van der Waals surface area contributed by atoms with E-state index < -0.39 is 0 Å². The molecular formula is C20H21N3O2S. The van der Waals surface area contributed by atoms with Gasteiger partial charge < -0.3 is 15.3 Å². The highest BCUT2D eigenvalue weighted by atomic mass is 32.2. The van der Waals surface area contributed by atoms with E-state index in [0.717, 1.165) is 24.5 Å². The number of nitrogens with one attached hydrogen (secondary N) is 1. The number of rotatable bonds is 5. The van der Waals surface area contributed by atoms with Crippen molar-refractivity contribution in [1.29, 1.82) is 0 Å². The van der Waals surface area contributed by atoms with Crippen molar-refractivity contribution in [2.24, 2.45) is 4.99 Å². The van der Waals surface area contributed by atoms with E-state index in [2.05, 4.69) is 29.1 Å². The summed E-state index contributed by atoms with van der Waals surface area (Å²) in [4.78, 5) is 19.3. The van der Waals surface area contributed by atoms with E-state index in [4.69, 9.17) is 0 Å². The second kappa shape index (κ2) is 8.10. The second-order valence-corrected chi connectivity index (χ2v) is 6.76. The van der Waals surface area contributed by atoms with Gasteiger partial charge in [0.15, 0.2) is 5.17 Å². The van der Waals surface area contributed by atoms with Crippen molar-refractivity contribution >= 4 is 40.3 Å². The zero-order valence-corrected chi connectivity index (χ0v) is 15.6. The number of thioether (sulfide) groups is 1. The molecule has 2 aromatic carbocycles. The lowest BCUT2D eigenvalue weighted by Gasteiger charge is -2.21. The minimum Gasteiger partial charge on any atom is -0.507 e. The lowest BCUT2D eigenvalue weighted by Crippen LogP contribution is -2.21. The number of nitrogens with zero attached hydrogens (tertiary/aromatic N) is 2. The predicted molar refractivity (Wildman–Crippen MR) is 109 cm³/mol. The highest BCUT2D eigenvalue weighted by Gasteiger charge is 2.24. The zero-order chi connectivity index (χ0) is 18.5. The predicted octanol–water partition coefficient (Wildman–Crippen LogP) is 4.13. The number of carbonyl (C=O) groups excluding carboxylic acids is 1. The van der Waals surface area contributed by atoms with E-state index in [1.165, 1.54) is 11.8 Å². The molecule has 0 radical (unpaired) electrons. The van der Waals surface area contributed by atoms with Crippen molar-refractivity contribution in [3.63, 3.8) is 0 Å². The van der Waals surface area contributed by atoms with Crippen LogP contribution >= 0.6 is 11.8 Å². The molecule has 134 valence electrons. The third kappa shape index (κ3) is 4.08. The third-order valence-corrected chi connectivity index (χ3v) is 4.98. The van der Waals surface area contributed by atoms with Crippen LogP contribution in [-0.4, -0.2) is 29.3 Å². The summed E-state index contributed by atoms with van der Waals surface area (Å²) in [5.74, 6) is -0.0550. The van der Waals surface area contributed by atoms with Gasteiger partial charge in [-0.3, -0.25) is 4.79 Å². The van der Waals surface area contributed by atoms with Crippen molar-refractivity contribution in [3.8, 4) is 5.75 Å². The number of hydrogen-bond donors (Lipinski definition) is 2. The maximum absolute atomic E-state index is 12.2. The van der Waals surface area contributed by atoms with Crippen LogP contribution in [0.3, 0.4) is 0 Å².